The summed E-state index contributed by atoms with van der Waals surface area (Å²) in [7, 11) is 0. The van der Waals surface area contributed by atoms with Gasteiger partial charge in [0.25, 0.3) is 0 Å². The molecule has 0 heterocycles. The summed E-state index contributed by atoms with van der Waals surface area (Å²) < 4.78 is 0. The van der Waals surface area contributed by atoms with E-state index in [1.807, 2.05) is 4.90 Å². The van der Waals surface area contributed by atoms with Gasteiger partial charge in [-0.3, -0.25) is 0 Å². The summed E-state index contributed by atoms with van der Waals surface area (Å²) >= 11 is 0. The lowest BCUT2D eigenvalue weighted by molar-refractivity contribution is 0.132. The van der Waals surface area contributed by atoms with Gasteiger partial charge in [0.2, 0.25) is 0 Å². The van der Waals surface area contributed by atoms with Crippen LogP contribution in [-0.4, -0.2) is 41.3 Å². The van der Waals surface area contributed by atoms with Gasteiger partial charge in [0.05, 0.1) is 6.61 Å². The van der Waals surface area contributed by atoms with Crippen LogP contribution in [0.2, 0.25) is 0 Å². The first-order valence-corrected chi connectivity index (χ1v) is 7.49. The Hall–Kier alpha value is -0.770. The highest BCUT2D eigenvalue weighted by Crippen LogP contribution is 2.23. The maximum absolute atomic E-state index is 12.3. The summed E-state index contributed by atoms with van der Waals surface area (Å²) in [5.74, 6) is 0. The molecule has 4 heteroatoms. The second kappa shape index (κ2) is 6.98. The van der Waals surface area contributed by atoms with E-state index < -0.39 is 0 Å². The van der Waals surface area contributed by atoms with Gasteiger partial charge in [-0.05, 0) is 25.7 Å². The lowest BCUT2D eigenvalue weighted by Crippen LogP contribution is -2.50. The summed E-state index contributed by atoms with van der Waals surface area (Å²) in [5.41, 5.74) is 0. The summed E-state index contributed by atoms with van der Waals surface area (Å²) in [6.45, 7) is 0.539. The highest BCUT2D eigenvalue weighted by atomic mass is 16.3. The number of hydrogen-bond donors (Lipinski definition) is 2. The number of carbonyl (C=O) groups excluding carboxylic acids is 1. The van der Waals surface area contributed by atoms with Gasteiger partial charge in [0.15, 0.2) is 0 Å². The van der Waals surface area contributed by atoms with E-state index in [-0.39, 0.29) is 12.6 Å². The second-order valence-corrected chi connectivity index (χ2v) is 5.64. The number of amides is 2. The van der Waals surface area contributed by atoms with Crippen LogP contribution in [0.1, 0.15) is 57.8 Å². The lowest BCUT2D eigenvalue weighted by atomic mass is 9.94. The molecule has 2 aliphatic carbocycles. The van der Waals surface area contributed by atoms with Crippen molar-refractivity contribution in [2.24, 2.45) is 0 Å². The Morgan fingerprint density at radius 2 is 1.67 bits per heavy atom. The molecular formula is C14H26N2O2. The molecule has 0 unspecified atom stereocenters. The van der Waals surface area contributed by atoms with E-state index in [9.17, 15) is 4.79 Å². The molecule has 2 aliphatic rings. The number of urea groups is 1. The Bertz CT molecular complexity index is 259. The predicted molar refractivity (Wildman–Crippen MR) is 71.5 cm³/mol. The first kappa shape index (κ1) is 13.7. The number of aliphatic hydroxyl groups excluding tert-OH is 1. The Morgan fingerprint density at radius 3 is 2.28 bits per heavy atom. The van der Waals surface area contributed by atoms with Crippen LogP contribution in [0, 0.1) is 0 Å². The highest BCUT2D eigenvalue weighted by Gasteiger charge is 2.27. The minimum Gasteiger partial charge on any atom is -0.395 e. The molecular weight excluding hydrogens is 228 g/mol. The average Bonchev–Trinajstić information content (AvgIpc) is 2.89. The van der Waals surface area contributed by atoms with Gasteiger partial charge in [-0.25, -0.2) is 4.79 Å². The largest absolute Gasteiger partial charge is 0.395 e. The first-order valence-electron chi connectivity index (χ1n) is 7.49. The van der Waals surface area contributed by atoms with Crippen LogP contribution in [0.4, 0.5) is 4.79 Å². The van der Waals surface area contributed by atoms with Crippen molar-refractivity contribution in [1.29, 1.82) is 0 Å². The minimum atomic E-state index is 0.0443. The monoisotopic (exact) mass is 254 g/mol. The van der Waals surface area contributed by atoms with Gasteiger partial charge in [0.1, 0.15) is 0 Å². The third kappa shape index (κ3) is 3.61. The van der Waals surface area contributed by atoms with Crippen LogP contribution in [0.15, 0.2) is 0 Å². The summed E-state index contributed by atoms with van der Waals surface area (Å²) in [5, 5.41) is 12.3. The lowest BCUT2D eigenvalue weighted by Gasteiger charge is -2.34. The topological polar surface area (TPSA) is 52.6 Å². The fourth-order valence-corrected chi connectivity index (χ4v) is 3.28. The zero-order chi connectivity index (χ0) is 12.8. The molecule has 0 aromatic carbocycles. The van der Waals surface area contributed by atoms with Gasteiger partial charge in [-0.15, -0.1) is 0 Å². The Labute approximate surface area is 110 Å². The molecule has 0 spiro atoms. The van der Waals surface area contributed by atoms with E-state index in [2.05, 4.69) is 5.32 Å². The maximum Gasteiger partial charge on any atom is 0.317 e. The molecule has 0 aromatic rings. The second-order valence-electron chi connectivity index (χ2n) is 5.64. The Balaban J connectivity index is 1.87. The number of rotatable bonds is 4. The van der Waals surface area contributed by atoms with Crippen molar-refractivity contribution >= 4 is 6.03 Å². The smallest absolute Gasteiger partial charge is 0.317 e. The van der Waals surface area contributed by atoms with Crippen molar-refractivity contribution in [3.63, 3.8) is 0 Å². The van der Waals surface area contributed by atoms with Gasteiger partial charge < -0.3 is 15.3 Å². The molecule has 0 aromatic heterocycles. The molecule has 0 aliphatic heterocycles. The van der Waals surface area contributed by atoms with Crippen LogP contribution in [-0.2, 0) is 0 Å². The number of nitrogens with one attached hydrogen (secondary N) is 1. The van der Waals surface area contributed by atoms with Crippen molar-refractivity contribution in [3.8, 4) is 0 Å². The summed E-state index contributed by atoms with van der Waals surface area (Å²) in [6, 6.07) is 0.748. The zero-order valence-corrected chi connectivity index (χ0v) is 11.2. The van der Waals surface area contributed by atoms with Crippen molar-refractivity contribution < 1.29 is 9.90 Å². The molecule has 0 bridgehead atoms. The van der Waals surface area contributed by atoms with Gasteiger partial charge >= 0.3 is 6.03 Å². The van der Waals surface area contributed by atoms with E-state index in [4.69, 9.17) is 5.11 Å². The molecule has 4 nitrogen and oxygen atoms in total. The molecule has 0 radical (unpaired) electrons. The highest BCUT2D eigenvalue weighted by molar-refractivity contribution is 5.75. The average molecular weight is 254 g/mol. The van der Waals surface area contributed by atoms with E-state index >= 15 is 0 Å². The number of nitrogens with zero attached hydrogens (tertiary/aromatic N) is 1. The molecule has 0 saturated heterocycles. The normalized spacial score (nSPS) is 22.1. The molecule has 0 atom stereocenters. The predicted octanol–water partition coefficient (Wildman–Crippen LogP) is 2.27. The number of hydrogen-bond acceptors (Lipinski definition) is 2. The van der Waals surface area contributed by atoms with Crippen LogP contribution in [0.3, 0.4) is 0 Å². The molecule has 104 valence electrons. The van der Waals surface area contributed by atoms with Crippen LogP contribution < -0.4 is 5.32 Å². The summed E-state index contributed by atoms with van der Waals surface area (Å²) in [6.07, 6.45) is 10.6. The van der Waals surface area contributed by atoms with Crippen molar-refractivity contribution in [1.82, 2.24) is 10.2 Å². The van der Waals surface area contributed by atoms with Crippen LogP contribution in [0.25, 0.3) is 0 Å². The fourth-order valence-electron chi connectivity index (χ4n) is 3.28. The van der Waals surface area contributed by atoms with Gasteiger partial charge in [0, 0.05) is 18.6 Å². The summed E-state index contributed by atoms with van der Waals surface area (Å²) in [4.78, 5) is 14.2. The molecule has 2 N–H and O–H groups in total. The molecule has 18 heavy (non-hydrogen) atoms. The molecule has 2 rings (SSSR count). The third-order valence-corrected chi connectivity index (χ3v) is 4.30. The number of aliphatic hydroxyl groups is 1. The Kier molecular flexibility index (Phi) is 5.29. The van der Waals surface area contributed by atoms with Crippen molar-refractivity contribution in [3.05, 3.63) is 0 Å². The van der Waals surface area contributed by atoms with Crippen molar-refractivity contribution in [2.45, 2.75) is 69.9 Å². The minimum absolute atomic E-state index is 0.0443. The van der Waals surface area contributed by atoms with Crippen LogP contribution in [0.5, 0.6) is 0 Å². The number of carbonyl (C=O) groups is 1. The quantitative estimate of drug-likeness (QED) is 0.808. The van der Waals surface area contributed by atoms with E-state index in [0.717, 1.165) is 25.7 Å². The SMILES string of the molecule is O=C(NC1CCCC1)N(CCO)C1CCCCC1. The zero-order valence-electron chi connectivity index (χ0n) is 11.2. The Morgan fingerprint density at radius 1 is 1.06 bits per heavy atom. The molecule has 2 saturated carbocycles. The maximum atomic E-state index is 12.3. The van der Waals surface area contributed by atoms with E-state index in [0.29, 0.717) is 18.6 Å². The van der Waals surface area contributed by atoms with E-state index in [1.54, 1.807) is 0 Å². The first-order chi connectivity index (χ1) is 8.81. The van der Waals surface area contributed by atoms with Gasteiger partial charge in [-0.2, -0.15) is 0 Å². The van der Waals surface area contributed by atoms with E-state index in [1.165, 1.54) is 32.1 Å². The standard InChI is InChI=1S/C14H26N2O2/c17-11-10-16(13-8-2-1-3-9-13)14(18)15-12-6-4-5-7-12/h12-13,17H,1-11H2,(H,15,18). The van der Waals surface area contributed by atoms with Gasteiger partial charge in [-0.1, -0.05) is 32.1 Å². The molecule has 2 fully saturated rings. The fraction of sp³-hybridized carbons (Fsp3) is 0.929. The van der Waals surface area contributed by atoms with Crippen LogP contribution >= 0.6 is 0 Å². The third-order valence-electron chi connectivity index (χ3n) is 4.30. The van der Waals surface area contributed by atoms with Crippen molar-refractivity contribution in [2.75, 3.05) is 13.2 Å². The molecule has 2 amide bonds.